The van der Waals surface area contributed by atoms with Gasteiger partial charge in [0, 0.05) is 18.7 Å². The Morgan fingerprint density at radius 1 is 1.53 bits per heavy atom. The molecule has 0 radical (unpaired) electrons. The largest absolute Gasteiger partial charge is 0.451 e. The van der Waals surface area contributed by atoms with Gasteiger partial charge in [-0.05, 0) is 18.2 Å². The second kappa shape index (κ2) is 5.38. The van der Waals surface area contributed by atoms with Crippen LogP contribution in [0.2, 0.25) is 0 Å². The number of aromatic amines is 1. The molecule has 0 unspecified atom stereocenters. The molecule has 1 heterocycles. The van der Waals surface area contributed by atoms with Crippen LogP contribution in [0.5, 0.6) is 0 Å². The van der Waals surface area contributed by atoms with Crippen LogP contribution >= 0.6 is 0 Å². The number of rotatable bonds is 4. The van der Waals surface area contributed by atoms with Gasteiger partial charge >= 0.3 is 6.09 Å². The molecule has 0 amide bonds. The van der Waals surface area contributed by atoms with E-state index in [2.05, 4.69) is 15.2 Å². The molecule has 2 N–H and O–H groups in total. The predicted octanol–water partition coefficient (Wildman–Crippen LogP) is 0.945. The highest BCUT2D eigenvalue weighted by molar-refractivity contribution is 5.89. The first kappa shape index (κ1) is 12.9. The van der Waals surface area contributed by atoms with Gasteiger partial charge in [0.2, 0.25) is 0 Å². The Morgan fingerprint density at radius 3 is 3.00 bits per heavy atom. The van der Waals surface area contributed by atoms with E-state index in [0.29, 0.717) is 29.6 Å². The molecule has 0 saturated heterocycles. The second-order valence-corrected chi connectivity index (χ2v) is 3.86. The third-order valence-corrected chi connectivity index (χ3v) is 2.65. The third kappa shape index (κ3) is 2.49. The average Bonchev–Trinajstić information content (AvgIpc) is 2.75. The number of nitrogens with one attached hydrogen (secondary N) is 2. The van der Waals surface area contributed by atoms with Gasteiger partial charge in [-0.2, -0.15) is 4.68 Å². The fourth-order valence-corrected chi connectivity index (χ4v) is 1.75. The van der Waals surface area contributed by atoms with Crippen LogP contribution in [0.15, 0.2) is 23.0 Å². The highest BCUT2D eigenvalue weighted by Gasteiger charge is 2.13. The molecule has 0 aliphatic rings. The Balaban J connectivity index is 2.42. The number of aromatic nitrogens is 2. The normalized spacial score (nSPS) is 10.4. The summed E-state index contributed by atoms with van der Waals surface area (Å²) in [5.41, 5.74) is 0.777. The third-order valence-electron chi connectivity index (χ3n) is 2.65. The van der Waals surface area contributed by atoms with Crippen molar-refractivity contribution in [1.82, 2.24) is 9.78 Å². The van der Waals surface area contributed by atoms with Crippen LogP contribution in [0.1, 0.15) is 6.42 Å². The van der Waals surface area contributed by atoms with E-state index in [0.717, 1.165) is 11.0 Å². The maximum Gasteiger partial charge on any atom is 0.433 e. The summed E-state index contributed by atoms with van der Waals surface area (Å²) in [7, 11) is 1.23. The van der Waals surface area contributed by atoms with Crippen molar-refractivity contribution in [2.45, 2.75) is 6.42 Å². The van der Waals surface area contributed by atoms with Crippen molar-refractivity contribution in [3.05, 3.63) is 28.6 Å². The van der Waals surface area contributed by atoms with Gasteiger partial charge in [-0.15, -0.1) is 0 Å². The minimum atomic E-state index is -0.669. The number of benzene rings is 1. The number of anilines is 1. The van der Waals surface area contributed by atoms with E-state index in [1.165, 1.54) is 7.11 Å². The maximum atomic E-state index is 11.6. The van der Waals surface area contributed by atoms with Crippen LogP contribution in [0.25, 0.3) is 10.9 Å². The lowest BCUT2D eigenvalue weighted by atomic mass is 10.2. The van der Waals surface area contributed by atoms with E-state index in [4.69, 9.17) is 0 Å². The topological polar surface area (TPSA) is 93.2 Å². The zero-order valence-electron chi connectivity index (χ0n) is 10.3. The van der Waals surface area contributed by atoms with Gasteiger partial charge in [-0.25, -0.2) is 4.79 Å². The molecule has 0 bridgehead atoms. The summed E-state index contributed by atoms with van der Waals surface area (Å²) in [6, 6.07) is 4.97. The fraction of sp³-hybridized carbons (Fsp3) is 0.250. The lowest BCUT2D eigenvalue weighted by Crippen LogP contribution is -2.15. The molecule has 1 aromatic heterocycles. The molecule has 19 heavy (non-hydrogen) atoms. The van der Waals surface area contributed by atoms with Crippen LogP contribution in [0.4, 0.5) is 10.5 Å². The smallest absolute Gasteiger partial charge is 0.433 e. The summed E-state index contributed by atoms with van der Waals surface area (Å²) >= 11 is 0. The Labute approximate surface area is 108 Å². The molecule has 2 aromatic rings. The van der Waals surface area contributed by atoms with E-state index in [-0.39, 0.29) is 5.56 Å². The van der Waals surface area contributed by atoms with Gasteiger partial charge in [0.25, 0.3) is 5.56 Å². The van der Waals surface area contributed by atoms with Crippen molar-refractivity contribution in [2.24, 2.45) is 0 Å². The van der Waals surface area contributed by atoms with E-state index >= 15 is 0 Å². The number of methoxy groups -OCH3 is 1. The molecular weight excluding hydrogens is 250 g/mol. The van der Waals surface area contributed by atoms with E-state index in [9.17, 15) is 14.4 Å². The molecule has 0 fully saturated rings. The Kier molecular flexibility index (Phi) is 3.65. The summed E-state index contributed by atoms with van der Waals surface area (Å²) in [5.74, 6) is 0. The zero-order valence-corrected chi connectivity index (χ0v) is 10.3. The van der Waals surface area contributed by atoms with Crippen LogP contribution in [0.3, 0.4) is 0 Å². The molecule has 1 aromatic carbocycles. The van der Waals surface area contributed by atoms with Gasteiger partial charge in [-0.3, -0.25) is 9.89 Å². The summed E-state index contributed by atoms with van der Waals surface area (Å²) in [4.78, 5) is 33.4. The molecule has 0 aliphatic heterocycles. The maximum absolute atomic E-state index is 11.6. The SMILES string of the molecule is COC(=O)n1[nH]c(=O)c2ccc(NCCC=O)cc21. The first-order valence-electron chi connectivity index (χ1n) is 5.68. The number of hydrogen-bond donors (Lipinski definition) is 2. The minimum absolute atomic E-state index is 0.361. The quantitative estimate of drug-likeness (QED) is 0.632. The van der Waals surface area contributed by atoms with Crippen molar-refractivity contribution < 1.29 is 14.3 Å². The van der Waals surface area contributed by atoms with Gasteiger partial charge in [0.05, 0.1) is 18.0 Å². The first-order valence-corrected chi connectivity index (χ1v) is 5.68. The molecule has 7 heteroatoms. The number of ether oxygens (including phenoxy) is 1. The summed E-state index contributed by atoms with van der Waals surface area (Å²) in [6.45, 7) is 0.488. The molecule has 0 aliphatic carbocycles. The lowest BCUT2D eigenvalue weighted by molar-refractivity contribution is -0.107. The van der Waals surface area contributed by atoms with Gasteiger partial charge in [0.15, 0.2) is 0 Å². The first-order chi connectivity index (χ1) is 9.17. The molecule has 7 nitrogen and oxygen atoms in total. The number of carbonyl (C=O) groups excluding carboxylic acids is 2. The van der Waals surface area contributed by atoms with Crippen LogP contribution in [0, 0.1) is 0 Å². The van der Waals surface area contributed by atoms with Crippen molar-refractivity contribution in [3.63, 3.8) is 0 Å². The monoisotopic (exact) mass is 263 g/mol. The summed E-state index contributed by atoms with van der Waals surface area (Å²) < 4.78 is 5.63. The van der Waals surface area contributed by atoms with Gasteiger partial charge in [-0.1, -0.05) is 0 Å². The van der Waals surface area contributed by atoms with Crippen molar-refractivity contribution in [1.29, 1.82) is 0 Å². The Hall–Kier alpha value is -2.57. The zero-order chi connectivity index (χ0) is 13.8. The molecular formula is C12H13N3O4. The van der Waals surface area contributed by atoms with E-state index in [1.807, 2.05) is 0 Å². The fourth-order valence-electron chi connectivity index (χ4n) is 1.75. The van der Waals surface area contributed by atoms with Crippen LogP contribution in [-0.4, -0.2) is 35.8 Å². The van der Waals surface area contributed by atoms with Crippen molar-refractivity contribution in [2.75, 3.05) is 19.0 Å². The predicted molar refractivity (Wildman–Crippen MR) is 69.5 cm³/mol. The van der Waals surface area contributed by atoms with Crippen molar-refractivity contribution in [3.8, 4) is 0 Å². The van der Waals surface area contributed by atoms with Crippen molar-refractivity contribution >= 4 is 29.0 Å². The summed E-state index contributed by atoms with van der Waals surface area (Å²) in [6.07, 6.45) is 0.526. The Morgan fingerprint density at radius 2 is 2.32 bits per heavy atom. The standard InChI is InChI=1S/C12H13N3O4/c1-19-12(18)15-10-7-8(13-5-2-6-16)3-4-9(10)11(17)14-15/h3-4,6-7,13H,2,5H2,1H3,(H,14,17). The minimum Gasteiger partial charge on any atom is -0.451 e. The molecule has 100 valence electrons. The number of carbonyl (C=O) groups is 2. The molecule has 0 atom stereocenters. The van der Waals surface area contributed by atoms with Gasteiger partial charge in [0.1, 0.15) is 6.29 Å². The molecule has 2 rings (SSSR count). The van der Waals surface area contributed by atoms with E-state index < -0.39 is 6.09 Å². The summed E-state index contributed by atoms with van der Waals surface area (Å²) in [5, 5.41) is 5.81. The number of hydrogen-bond acceptors (Lipinski definition) is 5. The lowest BCUT2D eigenvalue weighted by Gasteiger charge is -2.05. The van der Waals surface area contributed by atoms with E-state index in [1.54, 1.807) is 18.2 Å². The Bertz CT molecular complexity index is 671. The highest BCUT2D eigenvalue weighted by atomic mass is 16.5. The van der Waals surface area contributed by atoms with Crippen LogP contribution in [-0.2, 0) is 9.53 Å². The van der Waals surface area contributed by atoms with Gasteiger partial charge < -0.3 is 14.8 Å². The number of H-pyrrole nitrogens is 1. The number of fused-ring (bicyclic) bond motifs is 1. The number of aldehydes is 1. The molecule has 0 spiro atoms. The van der Waals surface area contributed by atoms with Crippen LogP contribution < -0.4 is 10.9 Å². The highest BCUT2D eigenvalue weighted by Crippen LogP contribution is 2.16. The second-order valence-electron chi connectivity index (χ2n) is 3.86. The molecule has 0 saturated carbocycles. The number of nitrogens with zero attached hydrogens (tertiary/aromatic N) is 1. The average molecular weight is 263 g/mol.